The van der Waals surface area contributed by atoms with Crippen molar-refractivity contribution >= 4 is 27.2 Å². The third-order valence-corrected chi connectivity index (χ3v) is 15.7. The van der Waals surface area contributed by atoms with Crippen LogP contribution in [0.15, 0.2) is 176 Å². The quantitative estimate of drug-likeness (QED) is 0.162. The summed E-state index contributed by atoms with van der Waals surface area (Å²) in [5.41, 5.74) is 25.1. The SMILES string of the molecule is CC1(C)c2ccccc2-c2ccc(-c3c4ccccc4c(-c4ccc5c(c4)C(C)(C)c4ccccc4-5)c4cc5c(cc34)-c3ccc(-c4ccc(C6=CC=CC[N-]6)nc4)cc3C5(C)C)cc21. The van der Waals surface area contributed by atoms with Crippen molar-refractivity contribution in [1.29, 1.82) is 0 Å². The van der Waals surface area contributed by atoms with Crippen LogP contribution in [-0.4, -0.2) is 11.5 Å². The van der Waals surface area contributed by atoms with Gasteiger partial charge in [-0.2, -0.15) is 0 Å². The Morgan fingerprint density at radius 3 is 1.42 bits per heavy atom. The fourth-order valence-corrected chi connectivity index (χ4v) is 12.2. The Labute approximate surface area is 382 Å². The summed E-state index contributed by atoms with van der Waals surface area (Å²) < 4.78 is 0. The van der Waals surface area contributed by atoms with Crippen LogP contribution in [0.1, 0.15) is 80.6 Å². The molecule has 0 saturated carbocycles. The van der Waals surface area contributed by atoms with E-state index in [4.69, 9.17) is 4.98 Å². The third kappa shape index (κ3) is 5.31. The van der Waals surface area contributed by atoms with Gasteiger partial charge in [0, 0.05) is 33.7 Å². The molecular formula is C63H49N2-. The van der Waals surface area contributed by atoms with E-state index in [1.165, 1.54) is 116 Å². The first-order chi connectivity index (χ1) is 31.5. The maximum absolute atomic E-state index is 4.88. The predicted molar refractivity (Wildman–Crippen MR) is 274 cm³/mol. The smallest absolute Gasteiger partial charge is 0.0481 e. The summed E-state index contributed by atoms with van der Waals surface area (Å²) in [7, 11) is 0. The minimum Gasteiger partial charge on any atom is -0.679 e. The van der Waals surface area contributed by atoms with Crippen LogP contribution in [0.5, 0.6) is 0 Å². The standard InChI is InChI=1S/C63H49N2/c1-61(2)51-19-11-9-15-41(51)43-27-23-38(32-54(43)61)59-46-17-7-8-18-47(46)60(39-24-28-44-42-16-10-12-20-52(42)62(3,4)55(44)33-39)50-35-56-48(34-49(50)59)45-26-22-37(31-53(45)63(56,5)6)40-25-29-58(65-36-40)57-21-13-14-30-64-57/h7-29,31-36H,30H2,1-6H3/q-1. The van der Waals surface area contributed by atoms with E-state index >= 15 is 0 Å². The summed E-state index contributed by atoms with van der Waals surface area (Å²) in [5.74, 6) is 0. The minimum absolute atomic E-state index is 0.111. The Hall–Kier alpha value is -7.29. The van der Waals surface area contributed by atoms with E-state index in [1.54, 1.807) is 0 Å². The number of benzene rings is 8. The molecule has 0 radical (unpaired) electrons. The summed E-state index contributed by atoms with van der Waals surface area (Å²) in [6.07, 6.45) is 8.17. The lowest BCUT2D eigenvalue weighted by Crippen LogP contribution is -2.15. The van der Waals surface area contributed by atoms with Gasteiger partial charge in [0.2, 0.25) is 0 Å². The van der Waals surface area contributed by atoms with E-state index in [9.17, 15) is 0 Å². The Morgan fingerprint density at radius 1 is 0.400 bits per heavy atom. The van der Waals surface area contributed by atoms with Gasteiger partial charge in [-0.3, -0.25) is 4.98 Å². The number of rotatable bonds is 4. The zero-order chi connectivity index (χ0) is 44.0. The van der Waals surface area contributed by atoms with Gasteiger partial charge >= 0.3 is 0 Å². The van der Waals surface area contributed by atoms with Gasteiger partial charge in [0.15, 0.2) is 0 Å². The molecule has 0 saturated heterocycles. The summed E-state index contributed by atoms with van der Waals surface area (Å²) in [6.45, 7) is 15.1. The fourth-order valence-electron chi connectivity index (χ4n) is 12.2. The number of fused-ring (bicyclic) bond motifs is 11. The number of hydrogen-bond donors (Lipinski definition) is 0. The average Bonchev–Trinajstić information content (AvgIpc) is 3.81. The molecule has 3 aliphatic carbocycles. The number of nitrogens with zero attached hydrogens (tertiary/aromatic N) is 2. The lowest BCUT2D eigenvalue weighted by Gasteiger charge is -2.26. The first-order valence-corrected chi connectivity index (χ1v) is 23.2. The highest BCUT2D eigenvalue weighted by molar-refractivity contribution is 6.23. The highest BCUT2D eigenvalue weighted by atomic mass is 14.9. The number of pyridine rings is 1. The Bertz CT molecular complexity index is 3610. The molecule has 0 atom stereocenters. The minimum atomic E-state index is -0.242. The highest BCUT2D eigenvalue weighted by Gasteiger charge is 2.39. The molecule has 1 aliphatic heterocycles. The van der Waals surface area contributed by atoms with Gasteiger partial charge in [-0.15, -0.1) is 18.3 Å². The van der Waals surface area contributed by atoms with Gasteiger partial charge in [0.25, 0.3) is 0 Å². The maximum Gasteiger partial charge on any atom is 0.0481 e. The molecule has 0 spiro atoms. The summed E-state index contributed by atoms with van der Waals surface area (Å²) in [4.78, 5) is 4.88. The molecule has 312 valence electrons. The average molecular weight is 834 g/mol. The summed E-state index contributed by atoms with van der Waals surface area (Å²) >= 11 is 0. The Morgan fingerprint density at radius 2 is 0.862 bits per heavy atom. The van der Waals surface area contributed by atoms with E-state index in [-0.39, 0.29) is 16.2 Å². The van der Waals surface area contributed by atoms with Crippen molar-refractivity contribution in [2.75, 3.05) is 6.54 Å². The molecule has 65 heavy (non-hydrogen) atoms. The number of aromatic nitrogens is 1. The van der Waals surface area contributed by atoms with E-state index < -0.39 is 0 Å². The second kappa shape index (κ2) is 13.4. The van der Waals surface area contributed by atoms with E-state index in [0.717, 1.165) is 17.0 Å². The van der Waals surface area contributed by atoms with Crippen molar-refractivity contribution in [2.24, 2.45) is 0 Å². The van der Waals surface area contributed by atoms with Crippen LogP contribution in [-0.2, 0) is 16.2 Å². The van der Waals surface area contributed by atoms with E-state index in [0.29, 0.717) is 6.54 Å². The van der Waals surface area contributed by atoms with Crippen LogP contribution in [0.4, 0.5) is 0 Å². The first-order valence-electron chi connectivity index (χ1n) is 23.2. The van der Waals surface area contributed by atoms with Crippen LogP contribution in [0, 0.1) is 0 Å². The topological polar surface area (TPSA) is 27.0 Å². The molecule has 2 heteroatoms. The molecular weight excluding hydrogens is 785 g/mol. The van der Waals surface area contributed by atoms with Gasteiger partial charge in [0.1, 0.15) is 0 Å². The van der Waals surface area contributed by atoms with E-state index in [1.807, 2.05) is 12.3 Å². The van der Waals surface area contributed by atoms with Crippen LogP contribution in [0.3, 0.4) is 0 Å². The van der Waals surface area contributed by atoms with Crippen LogP contribution >= 0.6 is 0 Å². The molecule has 4 aliphatic rings. The largest absolute Gasteiger partial charge is 0.679 e. The van der Waals surface area contributed by atoms with Crippen molar-refractivity contribution < 1.29 is 0 Å². The van der Waals surface area contributed by atoms with Crippen molar-refractivity contribution in [2.45, 2.75) is 57.8 Å². The van der Waals surface area contributed by atoms with Gasteiger partial charge in [-0.25, -0.2) is 0 Å². The van der Waals surface area contributed by atoms with Crippen LogP contribution < -0.4 is 0 Å². The van der Waals surface area contributed by atoms with Gasteiger partial charge < -0.3 is 5.32 Å². The molecule has 9 aromatic rings. The van der Waals surface area contributed by atoms with Crippen LogP contribution in [0.25, 0.3) is 99.3 Å². The second-order valence-corrected chi connectivity index (χ2v) is 20.2. The van der Waals surface area contributed by atoms with Gasteiger partial charge in [0.05, 0.1) is 0 Å². The van der Waals surface area contributed by atoms with Gasteiger partial charge in [-0.1, -0.05) is 169 Å². The monoisotopic (exact) mass is 833 g/mol. The molecule has 0 N–H and O–H groups in total. The second-order valence-electron chi connectivity index (χ2n) is 20.2. The molecule has 1 aromatic heterocycles. The number of allylic oxidation sites excluding steroid dienone is 2. The lowest BCUT2D eigenvalue weighted by atomic mass is 9.77. The van der Waals surface area contributed by atoms with Crippen molar-refractivity contribution in [3.05, 3.63) is 220 Å². The Balaban J connectivity index is 1.05. The van der Waals surface area contributed by atoms with Crippen LogP contribution in [0.2, 0.25) is 0 Å². The van der Waals surface area contributed by atoms with Gasteiger partial charge in [-0.05, 0) is 153 Å². The molecule has 8 aromatic carbocycles. The zero-order valence-corrected chi connectivity index (χ0v) is 37.8. The molecule has 0 unspecified atom stereocenters. The summed E-state index contributed by atoms with van der Waals surface area (Å²) in [6, 6.07) is 58.2. The highest BCUT2D eigenvalue weighted by Crippen LogP contribution is 2.57. The lowest BCUT2D eigenvalue weighted by molar-refractivity contribution is 0.660. The first kappa shape index (κ1) is 38.2. The molecule has 2 heterocycles. The molecule has 0 fully saturated rings. The molecule has 2 nitrogen and oxygen atoms in total. The number of hydrogen-bond acceptors (Lipinski definition) is 1. The van der Waals surface area contributed by atoms with Crippen molar-refractivity contribution in [1.82, 2.24) is 4.98 Å². The fraction of sp³-hybridized carbons (Fsp3) is 0.159. The normalized spacial score (nSPS) is 16.3. The molecule has 13 rings (SSSR count). The van der Waals surface area contributed by atoms with E-state index in [2.05, 4.69) is 211 Å². The van der Waals surface area contributed by atoms with Crippen molar-refractivity contribution in [3.63, 3.8) is 0 Å². The third-order valence-electron chi connectivity index (χ3n) is 15.7. The summed E-state index contributed by atoms with van der Waals surface area (Å²) in [5, 5.41) is 9.81. The zero-order valence-electron chi connectivity index (χ0n) is 37.8. The Kier molecular flexibility index (Phi) is 7.86. The predicted octanol–water partition coefficient (Wildman–Crippen LogP) is 16.6. The molecule has 0 bridgehead atoms. The van der Waals surface area contributed by atoms with Crippen molar-refractivity contribution in [3.8, 4) is 66.8 Å². The maximum atomic E-state index is 4.88. The molecule has 0 amide bonds.